The Balaban J connectivity index is 1.78. The molecule has 11 heteroatoms. The van der Waals surface area contributed by atoms with Crippen LogP contribution in [0.5, 0.6) is 5.88 Å². The van der Waals surface area contributed by atoms with Crippen molar-refractivity contribution in [1.82, 2.24) is 20.1 Å². The fourth-order valence-electron chi connectivity index (χ4n) is 3.29. The molecule has 2 aliphatic heterocycles. The van der Waals surface area contributed by atoms with E-state index in [9.17, 15) is 18.0 Å². The number of amides is 2. The first kappa shape index (κ1) is 19.7. The number of guanidine groups is 2. The van der Waals surface area contributed by atoms with Crippen LogP contribution in [0.3, 0.4) is 0 Å². The summed E-state index contributed by atoms with van der Waals surface area (Å²) in [6.07, 6.45) is 0. The smallest absolute Gasteiger partial charge is 0.330 e. The Morgan fingerprint density at radius 2 is 1.93 bits per heavy atom. The van der Waals surface area contributed by atoms with Crippen LogP contribution in [0, 0.1) is 24.4 Å². The predicted molar refractivity (Wildman–Crippen MR) is 102 cm³/mol. The fraction of sp³-hybridized carbons (Fsp3) is 0.263. The summed E-state index contributed by atoms with van der Waals surface area (Å²) in [6.45, 7) is 1.82. The minimum atomic E-state index is -1.55. The summed E-state index contributed by atoms with van der Waals surface area (Å²) in [6, 6.07) is 3.94. The van der Waals surface area contributed by atoms with Crippen LogP contribution in [0.25, 0.3) is 0 Å². The molecule has 0 bridgehead atoms. The van der Waals surface area contributed by atoms with E-state index in [0.29, 0.717) is 17.3 Å². The lowest BCUT2D eigenvalue weighted by Crippen LogP contribution is -2.61. The van der Waals surface area contributed by atoms with Crippen molar-refractivity contribution in [3.63, 3.8) is 0 Å². The number of aromatic nitrogens is 1. The van der Waals surface area contributed by atoms with Crippen LogP contribution in [-0.4, -0.2) is 53.4 Å². The Labute approximate surface area is 169 Å². The zero-order chi connectivity index (χ0) is 21.6. The summed E-state index contributed by atoms with van der Waals surface area (Å²) in [5.41, 5.74) is 1.16. The molecule has 0 aliphatic carbocycles. The van der Waals surface area contributed by atoms with Crippen molar-refractivity contribution >= 4 is 23.6 Å². The molecule has 1 atom stereocenters. The lowest BCUT2D eigenvalue weighted by molar-refractivity contribution is 0.222. The first-order valence-corrected chi connectivity index (χ1v) is 8.93. The average molecular weight is 418 g/mol. The molecule has 3 heterocycles. The van der Waals surface area contributed by atoms with Crippen LogP contribution in [0.4, 0.5) is 23.7 Å². The van der Waals surface area contributed by atoms with Crippen LogP contribution in [-0.2, 0) is 0 Å². The molecule has 8 nitrogen and oxygen atoms in total. The van der Waals surface area contributed by atoms with E-state index in [4.69, 9.17) is 4.74 Å². The van der Waals surface area contributed by atoms with Crippen molar-refractivity contribution in [1.29, 1.82) is 0 Å². The number of pyridine rings is 1. The van der Waals surface area contributed by atoms with Crippen molar-refractivity contribution in [3.8, 4) is 5.88 Å². The molecule has 0 spiro atoms. The summed E-state index contributed by atoms with van der Waals surface area (Å²) >= 11 is 0. The van der Waals surface area contributed by atoms with Gasteiger partial charge in [0.1, 0.15) is 0 Å². The summed E-state index contributed by atoms with van der Waals surface area (Å²) in [4.78, 5) is 28.2. The van der Waals surface area contributed by atoms with Crippen LogP contribution in [0.15, 0.2) is 34.3 Å². The van der Waals surface area contributed by atoms with Crippen molar-refractivity contribution in [2.24, 2.45) is 9.98 Å². The van der Waals surface area contributed by atoms with E-state index in [2.05, 4.69) is 20.3 Å². The number of urea groups is 1. The van der Waals surface area contributed by atoms with Crippen molar-refractivity contribution in [3.05, 3.63) is 53.0 Å². The highest BCUT2D eigenvalue weighted by molar-refractivity contribution is 6.16. The molecule has 1 unspecified atom stereocenters. The molecule has 2 aromatic rings. The molecule has 1 N–H and O–H groups in total. The van der Waals surface area contributed by atoms with Gasteiger partial charge in [-0.25, -0.2) is 32.9 Å². The third-order valence-corrected chi connectivity index (χ3v) is 4.84. The van der Waals surface area contributed by atoms with Gasteiger partial charge in [0.15, 0.2) is 17.5 Å². The van der Waals surface area contributed by atoms with Crippen LogP contribution >= 0.6 is 0 Å². The van der Waals surface area contributed by atoms with E-state index in [1.807, 2.05) is 0 Å². The minimum absolute atomic E-state index is 0.0952. The highest BCUT2D eigenvalue weighted by Gasteiger charge is 2.41. The monoisotopic (exact) mass is 418 g/mol. The van der Waals surface area contributed by atoms with Gasteiger partial charge >= 0.3 is 6.03 Å². The van der Waals surface area contributed by atoms with Crippen LogP contribution < -0.4 is 10.1 Å². The highest BCUT2D eigenvalue weighted by Crippen LogP contribution is 2.32. The molecular weight excluding hydrogens is 401 g/mol. The quantitative estimate of drug-likeness (QED) is 0.778. The number of aliphatic imine (C=N–C) groups is 2. The number of rotatable bonds is 3. The van der Waals surface area contributed by atoms with Gasteiger partial charge in [-0.05, 0) is 30.7 Å². The number of fused-ring (bicyclic) bond motifs is 1. The third-order valence-electron chi connectivity index (χ3n) is 4.84. The zero-order valence-corrected chi connectivity index (χ0v) is 16.3. The molecule has 30 heavy (non-hydrogen) atoms. The lowest BCUT2D eigenvalue weighted by atomic mass is 10.1. The Hall–Kier alpha value is -3.63. The molecule has 2 amide bonds. The number of hydrogen-bond donors (Lipinski definition) is 1. The Morgan fingerprint density at radius 3 is 2.57 bits per heavy atom. The zero-order valence-electron chi connectivity index (χ0n) is 16.3. The second-order valence-electron chi connectivity index (χ2n) is 6.71. The first-order chi connectivity index (χ1) is 14.3. The normalized spacial score (nSPS) is 19.7. The molecule has 4 rings (SSSR count). The molecule has 0 radical (unpaired) electrons. The Kier molecular flexibility index (Phi) is 4.80. The first-order valence-electron chi connectivity index (χ1n) is 8.93. The predicted octanol–water partition coefficient (Wildman–Crippen LogP) is 2.87. The van der Waals surface area contributed by atoms with Crippen molar-refractivity contribution in [2.45, 2.75) is 13.0 Å². The van der Waals surface area contributed by atoms with Gasteiger partial charge < -0.3 is 4.74 Å². The highest BCUT2D eigenvalue weighted by atomic mass is 19.2. The third kappa shape index (κ3) is 3.21. The topological polar surface area (TPSA) is 82.4 Å². The number of carbonyl (C=O) groups is 1. The number of hydrogen-bond acceptors (Lipinski definition) is 5. The van der Waals surface area contributed by atoms with Gasteiger partial charge in [-0.2, -0.15) is 0 Å². The molecule has 1 fully saturated rings. The average Bonchev–Trinajstić information content (AvgIpc) is 3.16. The largest absolute Gasteiger partial charge is 0.481 e. The standard InChI is InChI=1S/C19H17F3N6O2/c1-9-13(4-5-15(24-9)30-3)25-17-26-19(29)27(2)18-23-8-14(28(17)18)10-6-11(20)16(22)12(21)7-10/h4-7,14H,8H2,1-3H3,(H,25,26,29). The second kappa shape index (κ2) is 7.32. The number of nitrogens with one attached hydrogen (secondary N) is 1. The SMILES string of the molecule is COc1ccc(N=C2NC(=O)N(C)C3=NCC(c4cc(F)c(F)c(F)c4)N23)c(C)n1. The number of aryl methyl sites for hydroxylation is 1. The summed E-state index contributed by atoms with van der Waals surface area (Å²) in [5.74, 6) is -3.38. The fourth-order valence-corrected chi connectivity index (χ4v) is 3.29. The molecule has 1 aromatic heterocycles. The molecular formula is C19H17F3N6O2. The second-order valence-corrected chi connectivity index (χ2v) is 6.71. The van der Waals surface area contributed by atoms with Gasteiger partial charge in [0.2, 0.25) is 17.8 Å². The van der Waals surface area contributed by atoms with Gasteiger partial charge in [-0.3, -0.25) is 15.1 Å². The van der Waals surface area contributed by atoms with Gasteiger partial charge in [0, 0.05) is 13.1 Å². The molecule has 1 saturated heterocycles. The van der Waals surface area contributed by atoms with Crippen molar-refractivity contribution in [2.75, 3.05) is 20.7 Å². The van der Waals surface area contributed by atoms with Crippen molar-refractivity contribution < 1.29 is 22.7 Å². The maximum Gasteiger partial charge on any atom is 0.330 e. The number of ether oxygens (including phenoxy) is 1. The van der Waals surface area contributed by atoms with Gasteiger partial charge in [-0.15, -0.1) is 0 Å². The Bertz CT molecular complexity index is 1080. The van der Waals surface area contributed by atoms with Crippen LogP contribution in [0.2, 0.25) is 0 Å². The van der Waals surface area contributed by atoms with Gasteiger partial charge in [0.05, 0.1) is 31.1 Å². The minimum Gasteiger partial charge on any atom is -0.481 e. The molecule has 1 aromatic carbocycles. The van der Waals surface area contributed by atoms with E-state index < -0.39 is 29.5 Å². The van der Waals surface area contributed by atoms with Gasteiger partial charge in [0.25, 0.3) is 0 Å². The summed E-state index contributed by atoms with van der Waals surface area (Å²) < 4.78 is 46.1. The molecule has 156 valence electrons. The number of methoxy groups -OCH3 is 1. The maximum absolute atomic E-state index is 13.8. The van der Waals surface area contributed by atoms with E-state index >= 15 is 0 Å². The van der Waals surface area contributed by atoms with E-state index in [-0.39, 0.29) is 24.0 Å². The number of nitrogens with zero attached hydrogens (tertiary/aromatic N) is 5. The molecule has 0 saturated carbocycles. The number of halogens is 3. The maximum atomic E-state index is 13.8. The summed E-state index contributed by atoms with van der Waals surface area (Å²) in [5, 5.41) is 2.64. The lowest BCUT2D eigenvalue weighted by Gasteiger charge is -2.36. The van der Waals surface area contributed by atoms with E-state index in [1.165, 1.54) is 24.0 Å². The van der Waals surface area contributed by atoms with Gasteiger partial charge in [-0.1, -0.05) is 0 Å². The Morgan fingerprint density at radius 1 is 1.23 bits per heavy atom. The number of carbonyl (C=O) groups excluding carboxylic acids is 1. The number of benzene rings is 1. The van der Waals surface area contributed by atoms with E-state index in [0.717, 1.165) is 12.1 Å². The molecule has 2 aliphatic rings. The van der Waals surface area contributed by atoms with Crippen LogP contribution in [0.1, 0.15) is 17.3 Å². The summed E-state index contributed by atoms with van der Waals surface area (Å²) in [7, 11) is 3.00. The van der Waals surface area contributed by atoms with E-state index in [1.54, 1.807) is 19.1 Å².